The first-order chi connectivity index (χ1) is 14.1. The first-order valence-corrected chi connectivity index (χ1v) is 9.61. The number of carbonyl (C=O) groups is 1. The average Bonchev–Trinajstić information content (AvgIpc) is 3.15. The van der Waals surface area contributed by atoms with E-state index in [0.29, 0.717) is 24.5 Å². The van der Waals surface area contributed by atoms with E-state index in [2.05, 4.69) is 20.6 Å². The van der Waals surface area contributed by atoms with Gasteiger partial charge in [0.05, 0.1) is 6.54 Å². The number of aromatic nitrogens is 2. The van der Waals surface area contributed by atoms with Crippen LogP contribution in [0.3, 0.4) is 0 Å². The van der Waals surface area contributed by atoms with Gasteiger partial charge in [0.25, 0.3) is 5.56 Å². The molecule has 0 saturated heterocycles. The predicted octanol–water partition coefficient (Wildman–Crippen LogP) is 3.12. The van der Waals surface area contributed by atoms with E-state index in [4.69, 9.17) is 4.74 Å². The van der Waals surface area contributed by atoms with Gasteiger partial charge in [-0.1, -0.05) is 37.3 Å². The van der Waals surface area contributed by atoms with Gasteiger partial charge in [0.15, 0.2) is 0 Å². The number of aryl methyl sites for hydroxylation is 1. The summed E-state index contributed by atoms with van der Waals surface area (Å²) in [5.74, 6) is 1.36. The quantitative estimate of drug-likeness (QED) is 0.624. The highest BCUT2D eigenvalue weighted by molar-refractivity contribution is 5.89. The summed E-state index contributed by atoms with van der Waals surface area (Å²) in [4.78, 5) is 31.3. The minimum Gasteiger partial charge on any atom is -0.488 e. The molecule has 148 valence electrons. The van der Waals surface area contributed by atoms with Crippen LogP contribution in [0.2, 0.25) is 0 Å². The van der Waals surface area contributed by atoms with Crippen molar-refractivity contribution in [1.29, 1.82) is 0 Å². The van der Waals surface area contributed by atoms with E-state index in [9.17, 15) is 9.59 Å². The third-order valence-electron chi connectivity index (χ3n) is 4.75. The number of rotatable bonds is 5. The fraction of sp³-hybridized carbons (Fsp3) is 0.227. The summed E-state index contributed by atoms with van der Waals surface area (Å²) in [5.41, 5.74) is 3.02. The SMILES string of the molecule is CCc1cc(=O)[nH]c(-c2cccc(NC(=O)NC[C@@H]3Cc4ccccc4O3)c2)n1. The molecule has 2 heterocycles. The highest BCUT2D eigenvalue weighted by Crippen LogP contribution is 2.27. The Balaban J connectivity index is 1.38. The molecule has 3 aromatic rings. The lowest BCUT2D eigenvalue weighted by molar-refractivity contribution is 0.219. The number of nitrogens with one attached hydrogen (secondary N) is 3. The predicted molar refractivity (Wildman–Crippen MR) is 111 cm³/mol. The van der Waals surface area contributed by atoms with E-state index in [0.717, 1.165) is 29.0 Å². The number of hydrogen-bond donors (Lipinski definition) is 3. The number of H-pyrrole nitrogens is 1. The number of hydrogen-bond acceptors (Lipinski definition) is 4. The molecule has 1 aromatic heterocycles. The largest absolute Gasteiger partial charge is 0.488 e. The third kappa shape index (κ3) is 4.45. The number of anilines is 1. The van der Waals surface area contributed by atoms with Crippen LogP contribution >= 0.6 is 0 Å². The topological polar surface area (TPSA) is 96.1 Å². The van der Waals surface area contributed by atoms with E-state index in [1.54, 1.807) is 18.2 Å². The van der Waals surface area contributed by atoms with Gasteiger partial charge in [-0.25, -0.2) is 9.78 Å². The van der Waals surface area contributed by atoms with Gasteiger partial charge in [-0.15, -0.1) is 0 Å². The molecule has 0 bridgehead atoms. The van der Waals surface area contributed by atoms with Crippen LogP contribution in [0, 0.1) is 0 Å². The molecular weight excluding hydrogens is 368 g/mol. The summed E-state index contributed by atoms with van der Waals surface area (Å²) in [6.45, 7) is 2.36. The van der Waals surface area contributed by atoms with E-state index in [1.807, 2.05) is 37.3 Å². The Morgan fingerprint density at radius 2 is 2.07 bits per heavy atom. The highest BCUT2D eigenvalue weighted by atomic mass is 16.5. The average molecular weight is 390 g/mol. The molecule has 1 aliphatic heterocycles. The van der Waals surface area contributed by atoms with Gasteiger partial charge in [0.1, 0.15) is 17.7 Å². The molecule has 7 nitrogen and oxygen atoms in total. The molecule has 0 aliphatic carbocycles. The summed E-state index contributed by atoms with van der Waals surface area (Å²) in [7, 11) is 0. The molecular formula is C22H22N4O3. The van der Waals surface area contributed by atoms with Crippen molar-refractivity contribution in [3.8, 4) is 17.1 Å². The number of ether oxygens (including phenoxy) is 1. The maximum absolute atomic E-state index is 12.3. The number of carbonyl (C=O) groups excluding carboxylic acids is 1. The van der Waals surface area contributed by atoms with Crippen LogP contribution < -0.4 is 20.9 Å². The number of nitrogens with zero attached hydrogens (tertiary/aromatic N) is 1. The van der Waals surface area contributed by atoms with Crippen LogP contribution in [0.4, 0.5) is 10.5 Å². The van der Waals surface area contributed by atoms with Crippen LogP contribution in [0.15, 0.2) is 59.4 Å². The van der Waals surface area contributed by atoms with Crippen molar-refractivity contribution in [3.05, 3.63) is 76.2 Å². The second-order valence-corrected chi connectivity index (χ2v) is 6.91. The standard InChI is InChI=1S/C22H22N4O3/c1-2-16-12-20(27)26-21(24-16)15-7-5-8-17(10-15)25-22(28)23-13-18-11-14-6-3-4-9-19(14)29-18/h3-10,12,18H,2,11,13H2,1H3,(H2,23,25,28)(H,24,26,27)/t18-/m0/s1. The van der Waals surface area contributed by atoms with Crippen molar-refractivity contribution in [2.75, 3.05) is 11.9 Å². The molecule has 2 aromatic carbocycles. The van der Waals surface area contributed by atoms with E-state index < -0.39 is 0 Å². The van der Waals surface area contributed by atoms with E-state index >= 15 is 0 Å². The molecule has 1 atom stereocenters. The van der Waals surface area contributed by atoms with E-state index in [1.165, 1.54) is 6.07 Å². The van der Waals surface area contributed by atoms with Gasteiger partial charge in [0.2, 0.25) is 0 Å². The van der Waals surface area contributed by atoms with Crippen molar-refractivity contribution in [2.45, 2.75) is 25.9 Å². The number of aromatic amines is 1. The summed E-state index contributed by atoms with van der Waals surface area (Å²) < 4.78 is 5.83. The van der Waals surface area contributed by atoms with Gasteiger partial charge >= 0.3 is 6.03 Å². The second-order valence-electron chi connectivity index (χ2n) is 6.91. The number of amides is 2. The summed E-state index contributed by atoms with van der Waals surface area (Å²) in [6, 6.07) is 16.3. The van der Waals surface area contributed by atoms with Crippen LogP contribution in [-0.4, -0.2) is 28.6 Å². The molecule has 2 amide bonds. The summed E-state index contributed by atoms with van der Waals surface area (Å²) >= 11 is 0. The molecule has 0 saturated carbocycles. The molecule has 1 aliphatic rings. The van der Waals surface area contributed by atoms with E-state index in [-0.39, 0.29) is 17.7 Å². The molecule has 29 heavy (non-hydrogen) atoms. The van der Waals surface area contributed by atoms with Crippen molar-refractivity contribution in [2.24, 2.45) is 0 Å². The zero-order valence-corrected chi connectivity index (χ0v) is 16.1. The van der Waals surface area contributed by atoms with Gasteiger partial charge in [0, 0.05) is 29.4 Å². The molecule has 4 rings (SSSR count). The van der Waals surface area contributed by atoms with Gasteiger partial charge in [-0.3, -0.25) is 4.79 Å². The monoisotopic (exact) mass is 390 g/mol. The van der Waals surface area contributed by atoms with Crippen LogP contribution in [0.1, 0.15) is 18.2 Å². The number of fused-ring (bicyclic) bond motifs is 1. The summed E-state index contributed by atoms with van der Waals surface area (Å²) in [5, 5.41) is 5.66. The van der Waals surface area contributed by atoms with Gasteiger partial charge in [-0.2, -0.15) is 0 Å². The molecule has 3 N–H and O–H groups in total. The lowest BCUT2D eigenvalue weighted by Crippen LogP contribution is -2.37. The van der Waals surface area contributed by atoms with Crippen LogP contribution in [0.5, 0.6) is 5.75 Å². The fourth-order valence-electron chi connectivity index (χ4n) is 3.32. The lowest BCUT2D eigenvalue weighted by atomic mass is 10.1. The zero-order valence-electron chi connectivity index (χ0n) is 16.1. The molecule has 0 fully saturated rings. The van der Waals surface area contributed by atoms with Crippen LogP contribution in [-0.2, 0) is 12.8 Å². The Hall–Kier alpha value is -3.61. The number of para-hydroxylation sites is 1. The minimum absolute atomic E-state index is 0.0736. The first-order valence-electron chi connectivity index (χ1n) is 9.61. The van der Waals surface area contributed by atoms with Crippen molar-refractivity contribution in [3.63, 3.8) is 0 Å². The second kappa shape index (κ2) is 8.18. The Morgan fingerprint density at radius 1 is 1.21 bits per heavy atom. The fourth-order valence-corrected chi connectivity index (χ4v) is 3.32. The minimum atomic E-state index is -0.314. The van der Waals surface area contributed by atoms with Crippen molar-refractivity contribution >= 4 is 11.7 Å². The molecule has 7 heteroatoms. The lowest BCUT2D eigenvalue weighted by Gasteiger charge is -2.13. The highest BCUT2D eigenvalue weighted by Gasteiger charge is 2.22. The number of benzene rings is 2. The van der Waals surface area contributed by atoms with Gasteiger partial charge < -0.3 is 20.4 Å². The normalized spacial score (nSPS) is 14.7. The maximum Gasteiger partial charge on any atom is 0.319 e. The van der Waals surface area contributed by atoms with Crippen molar-refractivity contribution < 1.29 is 9.53 Å². The molecule has 0 unspecified atom stereocenters. The summed E-state index contributed by atoms with van der Waals surface area (Å²) in [6.07, 6.45) is 1.37. The third-order valence-corrected chi connectivity index (χ3v) is 4.75. The molecule has 0 radical (unpaired) electrons. The molecule has 0 spiro atoms. The van der Waals surface area contributed by atoms with Crippen LogP contribution in [0.25, 0.3) is 11.4 Å². The Morgan fingerprint density at radius 3 is 2.90 bits per heavy atom. The number of urea groups is 1. The smallest absolute Gasteiger partial charge is 0.319 e. The Labute approximate surface area is 168 Å². The Kier molecular flexibility index (Phi) is 5.29. The first kappa shape index (κ1) is 18.7. The zero-order chi connectivity index (χ0) is 20.2. The van der Waals surface area contributed by atoms with Crippen molar-refractivity contribution in [1.82, 2.24) is 15.3 Å². The van der Waals surface area contributed by atoms with Gasteiger partial charge in [-0.05, 0) is 30.2 Å². The maximum atomic E-state index is 12.3. The Bertz CT molecular complexity index is 1070.